The van der Waals surface area contributed by atoms with Gasteiger partial charge >= 0.3 is 5.97 Å². The lowest BCUT2D eigenvalue weighted by atomic mass is 10.0. The number of rotatable bonds is 5. The van der Waals surface area contributed by atoms with Crippen LogP contribution in [0.5, 0.6) is 0 Å². The number of furan rings is 1. The highest BCUT2D eigenvalue weighted by atomic mass is 35.5. The van der Waals surface area contributed by atoms with Crippen molar-refractivity contribution in [2.45, 2.75) is 12.5 Å². The van der Waals surface area contributed by atoms with Gasteiger partial charge < -0.3 is 9.15 Å². The van der Waals surface area contributed by atoms with Crippen molar-refractivity contribution in [3.05, 3.63) is 71.7 Å². The molecular weight excluding hydrogens is 344 g/mol. The zero-order chi connectivity index (χ0) is 17.8. The average Bonchev–Trinajstić information content (AvgIpc) is 3.29. The van der Waals surface area contributed by atoms with Crippen LogP contribution in [0.4, 0.5) is 0 Å². The number of ether oxygens (including phenoxy) is 1. The fraction of sp³-hybridized carbons (Fsp3) is 0.167. The molecule has 7 heteroatoms. The van der Waals surface area contributed by atoms with Crippen molar-refractivity contribution in [3.63, 3.8) is 0 Å². The Bertz CT molecular complexity index is 812. The van der Waals surface area contributed by atoms with Gasteiger partial charge in [-0.2, -0.15) is 5.10 Å². The van der Waals surface area contributed by atoms with Crippen molar-refractivity contribution in [2.75, 3.05) is 6.61 Å². The van der Waals surface area contributed by atoms with Crippen LogP contribution in [0, 0.1) is 0 Å². The van der Waals surface area contributed by atoms with E-state index in [2.05, 4.69) is 11.7 Å². The number of benzene rings is 1. The Kier molecular flexibility index (Phi) is 5.00. The first-order valence-electron chi connectivity index (χ1n) is 7.56. The Morgan fingerprint density at radius 3 is 2.76 bits per heavy atom. The summed E-state index contributed by atoms with van der Waals surface area (Å²) in [6.07, 6.45) is 3.02. The predicted octanol–water partition coefficient (Wildman–Crippen LogP) is 3.34. The van der Waals surface area contributed by atoms with Gasteiger partial charge in [0.25, 0.3) is 5.91 Å². The van der Waals surface area contributed by atoms with Crippen molar-refractivity contribution in [1.29, 1.82) is 0 Å². The summed E-state index contributed by atoms with van der Waals surface area (Å²) in [7, 11) is 0. The molecule has 0 spiro atoms. The zero-order valence-electron chi connectivity index (χ0n) is 13.2. The summed E-state index contributed by atoms with van der Waals surface area (Å²) < 4.78 is 10.3. The lowest BCUT2D eigenvalue weighted by Gasteiger charge is -2.19. The van der Waals surface area contributed by atoms with Gasteiger partial charge in [-0.15, -0.1) is 0 Å². The molecule has 1 aromatic heterocycles. The minimum Gasteiger partial charge on any atom is -0.467 e. The third kappa shape index (κ3) is 3.80. The van der Waals surface area contributed by atoms with Crippen LogP contribution >= 0.6 is 11.6 Å². The molecule has 0 aliphatic carbocycles. The molecule has 0 saturated carbocycles. The van der Waals surface area contributed by atoms with E-state index >= 15 is 0 Å². The number of esters is 1. The maximum atomic E-state index is 12.4. The number of hydrazone groups is 1. The van der Waals surface area contributed by atoms with Crippen molar-refractivity contribution >= 4 is 29.2 Å². The summed E-state index contributed by atoms with van der Waals surface area (Å²) in [6.45, 7) is 2.88. The number of hydrogen-bond acceptors (Lipinski definition) is 5. The molecule has 0 fully saturated rings. The summed E-state index contributed by atoms with van der Waals surface area (Å²) in [4.78, 5) is 23.6. The number of carbonyl (C=O) groups is 2. The Hall–Kier alpha value is -2.86. The molecule has 2 aromatic rings. The first-order chi connectivity index (χ1) is 12.1. The lowest BCUT2D eigenvalue weighted by Crippen LogP contribution is -2.31. The number of halogens is 1. The highest BCUT2D eigenvalue weighted by molar-refractivity contribution is 6.30. The van der Waals surface area contributed by atoms with E-state index in [1.54, 1.807) is 24.3 Å². The molecule has 1 aliphatic heterocycles. The normalized spacial score (nSPS) is 16.4. The highest BCUT2D eigenvalue weighted by Crippen LogP contribution is 2.33. The summed E-state index contributed by atoms with van der Waals surface area (Å²) in [5.74, 6) is -0.499. The highest BCUT2D eigenvalue weighted by Gasteiger charge is 2.35. The fourth-order valence-corrected chi connectivity index (χ4v) is 2.64. The van der Waals surface area contributed by atoms with E-state index in [9.17, 15) is 9.59 Å². The van der Waals surface area contributed by atoms with Gasteiger partial charge in [0.15, 0.2) is 6.61 Å². The Morgan fingerprint density at radius 1 is 1.36 bits per heavy atom. The Labute approximate surface area is 149 Å². The summed E-state index contributed by atoms with van der Waals surface area (Å²) in [5, 5.41) is 6.32. The topological polar surface area (TPSA) is 72.1 Å². The molecule has 3 rings (SSSR count). The monoisotopic (exact) mass is 358 g/mol. The van der Waals surface area contributed by atoms with Gasteiger partial charge in [0.1, 0.15) is 11.8 Å². The molecule has 1 aromatic carbocycles. The molecule has 0 radical (unpaired) electrons. The van der Waals surface area contributed by atoms with Crippen LogP contribution in [0.15, 0.2) is 64.8 Å². The van der Waals surface area contributed by atoms with Crippen molar-refractivity contribution in [1.82, 2.24) is 5.01 Å². The predicted molar refractivity (Wildman–Crippen MR) is 92.1 cm³/mol. The number of hydrogen-bond donors (Lipinski definition) is 0. The van der Waals surface area contributed by atoms with E-state index in [0.29, 0.717) is 17.2 Å². The second-order valence-electron chi connectivity index (χ2n) is 5.34. The van der Waals surface area contributed by atoms with Gasteiger partial charge in [-0.05, 0) is 29.8 Å². The average molecular weight is 359 g/mol. The van der Waals surface area contributed by atoms with E-state index in [1.807, 2.05) is 12.1 Å². The van der Waals surface area contributed by atoms with Crippen molar-refractivity contribution in [2.24, 2.45) is 5.10 Å². The lowest BCUT2D eigenvalue weighted by molar-refractivity contribution is -0.149. The molecule has 0 unspecified atom stereocenters. The summed E-state index contributed by atoms with van der Waals surface area (Å²) in [5.41, 5.74) is 1.58. The second kappa shape index (κ2) is 7.36. The molecule has 25 heavy (non-hydrogen) atoms. The first kappa shape index (κ1) is 17.0. The standard InChI is InChI=1S/C18H15ClN2O4/c1-2-18(23)25-11-17(22)21-15(16-4-3-9-24-16)10-14(20-21)12-5-7-13(19)8-6-12/h2-9,15H,1,10-11H2/t15-/m1/s1. The van der Waals surface area contributed by atoms with E-state index in [1.165, 1.54) is 11.3 Å². The van der Waals surface area contributed by atoms with Crippen molar-refractivity contribution < 1.29 is 18.7 Å². The van der Waals surface area contributed by atoms with Gasteiger partial charge in [-0.25, -0.2) is 9.80 Å². The molecule has 1 amide bonds. The SMILES string of the molecule is C=CC(=O)OCC(=O)N1N=C(c2ccc(Cl)cc2)C[C@@H]1c1ccco1. The smallest absolute Gasteiger partial charge is 0.330 e. The van der Waals surface area contributed by atoms with E-state index in [-0.39, 0.29) is 0 Å². The molecule has 2 heterocycles. The van der Waals surface area contributed by atoms with Crippen LogP contribution in [-0.4, -0.2) is 29.2 Å². The van der Waals surface area contributed by atoms with Crippen LogP contribution in [0.3, 0.4) is 0 Å². The quantitative estimate of drug-likeness (QED) is 0.607. The Balaban J connectivity index is 1.84. The molecule has 0 N–H and O–H groups in total. The third-order valence-electron chi connectivity index (χ3n) is 3.72. The van der Waals surface area contributed by atoms with Crippen LogP contribution in [0.2, 0.25) is 5.02 Å². The molecule has 0 saturated heterocycles. The number of carbonyl (C=O) groups excluding carboxylic acids is 2. The zero-order valence-corrected chi connectivity index (χ0v) is 14.0. The molecule has 6 nitrogen and oxygen atoms in total. The van der Waals surface area contributed by atoms with Gasteiger partial charge in [0.05, 0.1) is 12.0 Å². The second-order valence-corrected chi connectivity index (χ2v) is 5.78. The summed E-state index contributed by atoms with van der Waals surface area (Å²) in [6, 6.07) is 10.3. The van der Waals surface area contributed by atoms with Crippen LogP contribution < -0.4 is 0 Å². The van der Waals surface area contributed by atoms with Crippen molar-refractivity contribution in [3.8, 4) is 0 Å². The maximum absolute atomic E-state index is 12.4. The third-order valence-corrected chi connectivity index (χ3v) is 3.97. The van der Waals surface area contributed by atoms with Gasteiger partial charge in [-0.3, -0.25) is 4.79 Å². The fourth-order valence-electron chi connectivity index (χ4n) is 2.52. The van der Waals surface area contributed by atoms with Crippen LogP contribution in [0.1, 0.15) is 23.8 Å². The van der Waals surface area contributed by atoms with Gasteiger partial charge in [0.2, 0.25) is 0 Å². The first-order valence-corrected chi connectivity index (χ1v) is 7.94. The number of amides is 1. The largest absolute Gasteiger partial charge is 0.467 e. The van der Waals surface area contributed by atoms with Crippen LogP contribution in [0.25, 0.3) is 0 Å². The van der Waals surface area contributed by atoms with Gasteiger partial charge in [-0.1, -0.05) is 30.3 Å². The summed E-state index contributed by atoms with van der Waals surface area (Å²) >= 11 is 5.92. The molecule has 0 bridgehead atoms. The van der Waals surface area contributed by atoms with E-state index in [0.717, 1.165) is 17.4 Å². The van der Waals surface area contributed by atoms with E-state index in [4.69, 9.17) is 20.8 Å². The minimum atomic E-state index is -0.663. The molecule has 128 valence electrons. The minimum absolute atomic E-state index is 0.393. The Morgan fingerprint density at radius 2 is 2.12 bits per heavy atom. The molecule has 1 aliphatic rings. The van der Waals surface area contributed by atoms with E-state index < -0.39 is 24.5 Å². The number of nitrogens with zero attached hydrogens (tertiary/aromatic N) is 2. The van der Waals surface area contributed by atoms with Crippen LogP contribution in [-0.2, 0) is 14.3 Å². The molecular formula is C18H15ClN2O4. The van der Waals surface area contributed by atoms with Gasteiger partial charge in [0, 0.05) is 17.5 Å². The molecule has 1 atom stereocenters. The maximum Gasteiger partial charge on any atom is 0.330 e.